The standard InChI is InChI=1S/C17H21N3O3/c21-14-11-23-16(17(22)19-8-1-2-9-19)15(20(14)13-5-6-13)12-4-3-7-18-10-12/h3-4,7,10,13,15-16H,1-2,5-6,8-9,11H2/t15-,16+/m1/s1. The first kappa shape index (κ1) is 14.6. The predicted molar refractivity (Wildman–Crippen MR) is 82.4 cm³/mol. The van der Waals surface area contributed by atoms with E-state index in [1.54, 1.807) is 12.4 Å². The van der Waals surface area contributed by atoms with Crippen molar-refractivity contribution in [1.82, 2.24) is 14.8 Å². The minimum Gasteiger partial charge on any atom is -0.356 e. The molecule has 0 N–H and O–H groups in total. The van der Waals surface area contributed by atoms with Crippen molar-refractivity contribution >= 4 is 11.8 Å². The molecule has 6 heteroatoms. The molecule has 1 saturated carbocycles. The van der Waals surface area contributed by atoms with E-state index in [1.807, 2.05) is 21.9 Å². The summed E-state index contributed by atoms with van der Waals surface area (Å²) in [6.07, 6.45) is 6.93. The minimum absolute atomic E-state index is 0.00247. The zero-order chi connectivity index (χ0) is 15.8. The molecular formula is C17H21N3O3. The second-order valence-corrected chi connectivity index (χ2v) is 6.53. The maximum Gasteiger partial charge on any atom is 0.254 e. The number of carbonyl (C=O) groups excluding carboxylic acids is 2. The molecule has 3 heterocycles. The number of carbonyl (C=O) groups is 2. The Morgan fingerprint density at radius 2 is 2.04 bits per heavy atom. The van der Waals surface area contributed by atoms with E-state index in [-0.39, 0.29) is 30.5 Å². The monoisotopic (exact) mass is 315 g/mol. The summed E-state index contributed by atoms with van der Waals surface area (Å²) in [6, 6.07) is 3.66. The number of hydrogen-bond donors (Lipinski definition) is 0. The lowest BCUT2D eigenvalue weighted by atomic mass is 9.98. The molecule has 0 aromatic carbocycles. The zero-order valence-electron chi connectivity index (χ0n) is 13.1. The van der Waals surface area contributed by atoms with Crippen LogP contribution in [0.15, 0.2) is 24.5 Å². The van der Waals surface area contributed by atoms with Gasteiger partial charge in [-0.1, -0.05) is 6.07 Å². The van der Waals surface area contributed by atoms with Gasteiger partial charge in [-0.15, -0.1) is 0 Å². The Labute approximate surface area is 135 Å². The molecule has 0 bridgehead atoms. The van der Waals surface area contributed by atoms with Crippen molar-refractivity contribution in [2.24, 2.45) is 0 Å². The fourth-order valence-corrected chi connectivity index (χ4v) is 3.62. The number of aromatic nitrogens is 1. The number of hydrogen-bond acceptors (Lipinski definition) is 4. The molecule has 1 aliphatic carbocycles. The Hall–Kier alpha value is -1.95. The van der Waals surface area contributed by atoms with Crippen molar-refractivity contribution in [2.45, 2.75) is 43.9 Å². The highest BCUT2D eigenvalue weighted by atomic mass is 16.5. The first-order chi connectivity index (χ1) is 11.3. The van der Waals surface area contributed by atoms with Gasteiger partial charge < -0.3 is 14.5 Å². The molecule has 0 spiro atoms. The molecule has 4 rings (SSSR count). The van der Waals surface area contributed by atoms with Gasteiger partial charge in [0.05, 0.1) is 6.04 Å². The SMILES string of the molecule is O=C([C@H]1OCC(=O)N(C2CC2)[C@@H]1c1cccnc1)N1CCCC1. The quantitative estimate of drug-likeness (QED) is 0.839. The fourth-order valence-electron chi connectivity index (χ4n) is 3.62. The van der Waals surface area contributed by atoms with Gasteiger partial charge in [0.2, 0.25) is 5.91 Å². The van der Waals surface area contributed by atoms with Crippen molar-refractivity contribution in [3.8, 4) is 0 Å². The van der Waals surface area contributed by atoms with Crippen LogP contribution in [-0.4, -0.2) is 58.4 Å². The van der Waals surface area contributed by atoms with Crippen LogP contribution >= 0.6 is 0 Å². The Balaban J connectivity index is 1.68. The molecule has 6 nitrogen and oxygen atoms in total. The maximum atomic E-state index is 12.9. The van der Waals surface area contributed by atoms with Crippen LogP contribution in [0.4, 0.5) is 0 Å². The number of ether oxygens (including phenoxy) is 1. The highest BCUT2D eigenvalue weighted by Crippen LogP contribution is 2.39. The van der Waals surface area contributed by atoms with E-state index in [0.29, 0.717) is 0 Å². The van der Waals surface area contributed by atoms with E-state index >= 15 is 0 Å². The molecule has 2 atom stereocenters. The molecule has 0 unspecified atom stereocenters. The molecule has 23 heavy (non-hydrogen) atoms. The van der Waals surface area contributed by atoms with Gasteiger partial charge in [-0.05, 0) is 37.3 Å². The molecular weight excluding hydrogens is 294 g/mol. The summed E-state index contributed by atoms with van der Waals surface area (Å²) in [5.41, 5.74) is 0.880. The van der Waals surface area contributed by atoms with Crippen LogP contribution in [0, 0.1) is 0 Å². The summed E-state index contributed by atoms with van der Waals surface area (Å²) in [5.74, 6) is -0.0127. The third-order valence-corrected chi connectivity index (χ3v) is 4.89. The normalized spacial score (nSPS) is 28.3. The average molecular weight is 315 g/mol. The number of pyridine rings is 1. The fraction of sp³-hybridized carbons (Fsp3) is 0.588. The second kappa shape index (κ2) is 5.92. The van der Waals surface area contributed by atoms with Gasteiger partial charge in [0.25, 0.3) is 5.91 Å². The van der Waals surface area contributed by atoms with Crippen molar-refractivity contribution < 1.29 is 14.3 Å². The summed E-state index contributed by atoms with van der Waals surface area (Å²) in [6.45, 7) is 1.57. The molecule has 1 aromatic heterocycles. The van der Waals surface area contributed by atoms with Crippen LogP contribution in [0.1, 0.15) is 37.3 Å². The van der Waals surface area contributed by atoms with Gasteiger partial charge in [-0.2, -0.15) is 0 Å². The number of amides is 2. The smallest absolute Gasteiger partial charge is 0.254 e. The predicted octanol–water partition coefficient (Wildman–Crippen LogP) is 1.13. The lowest BCUT2D eigenvalue weighted by Crippen LogP contribution is -2.55. The van der Waals surface area contributed by atoms with Gasteiger partial charge >= 0.3 is 0 Å². The van der Waals surface area contributed by atoms with Gasteiger partial charge in [-0.3, -0.25) is 14.6 Å². The summed E-state index contributed by atoms with van der Waals surface area (Å²) in [5, 5.41) is 0. The van der Waals surface area contributed by atoms with E-state index in [9.17, 15) is 9.59 Å². The van der Waals surface area contributed by atoms with E-state index in [4.69, 9.17) is 4.74 Å². The average Bonchev–Trinajstić information content (AvgIpc) is 3.27. The highest BCUT2D eigenvalue weighted by molar-refractivity contribution is 5.87. The third kappa shape index (κ3) is 2.72. The van der Waals surface area contributed by atoms with Gasteiger partial charge in [0, 0.05) is 31.5 Å². The Morgan fingerprint density at radius 1 is 1.26 bits per heavy atom. The molecule has 3 fully saturated rings. The summed E-state index contributed by atoms with van der Waals surface area (Å²) >= 11 is 0. The largest absolute Gasteiger partial charge is 0.356 e. The van der Waals surface area contributed by atoms with Crippen molar-refractivity contribution in [1.29, 1.82) is 0 Å². The maximum absolute atomic E-state index is 12.9. The van der Waals surface area contributed by atoms with Crippen LogP contribution in [0.3, 0.4) is 0 Å². The Kier molecular flexibility index (Phi) is 3.77. The molecule has 0 radical (unpaired) electrons. The molecule has 2 aliphatic heterocycles. The molecule has 1 aromatic rings. The summed E-state index contributed by atoms with van der Waals surface area (Å²) in [7, 11) is 0. The second-order valence-electron chi connectivity index (χ2n) is 6.53. The first-order valence-corrected chi connectivity index (χ1v) is 8.37. The number of nitrogens with zero attached hydrogens (tertiary/aromatic N) is 3. The van der Waals surface area contributed by atoms with Crippen molar-refractivity contribution in [3.05, 3.63) is 30.1 Å². The van der Waals surface area contributed by atoms with E-state index in [0.717, 1.165) is 44.3 Å². The van der Waals surface area contributed by atoms with E-state index < -0.39 is 6.10 Å². The third-order valence-electron chi connectivity index (χ3n) is 4.89. The van der Waals surface area contributed by atoms with E-state index in [1.165, 1.54) is 0 Å². The number of morpholine rings is 1. The minimum atomic E-state index is -0.615. The van der Waals surface area contributed by atoms with Crippen LogP contribution in [0.5, 0.6) is 0 Å². The van der Waals surface area contributed by atoms with Crippen molar-refractivity contribution in [3.63, 3.8) is 0 Å². The van der Waals surface area contributed by atoms with Crippen LogP contribution < -0.4 is 0 Å². The molecule has 2 saturated heterocycles. The van der Waals surface area contributed by atoms with Gasteiger partial charge in [0.1, 0.15) is 6.61 Å². The first-order valence-electron chi connectivity index (χ1n) is 8.37. The Morgan fingerprint density at radius 3 is 2.70 bits per heavy atom. The van der Waals surface area contributed by atoms with E-state index in [2.05, 4.69) is 4.98 Å². The van der Waals surface area contributed by atoms with Crippen LogP contribution in [0.25, 0.3) is 0 Å². The molecule has 122 valence electrons. The highest BCUT2D eigenvalue weighted by Gasteiger charge is 2.48. The topological polar surface area (TPSA) is 62.7 Å². The number of likely N-dealkylation sites (tertiary alicyclic amines) is 1. The van der Waals surface area contributed by atoms with Crippen LogP contribution in [0.2, 0.25) is 0 Å². The summed E-state index contributed by atoms with van der Waals surface area (Å²) < 4.78 is 5.73. The molecule has 2 amide bonds. The molecule has 3 aliphatic rings. The summed E-state index contributed by atoms with van der Waals surface area (Å²) in [4.78, 5) is 33.2. The number of rotatable bonds is 3. The van der Waals surface area contributed by atoms with Gasteiger partial charge in [-0.25, -0.2) is 0 Å². The lowest BCUT2D eigenvalue weighted by molar-refractivity contribution is -0.169. The van der Waals surface area contributed by atoms with Gasteiger partial charge in [0.15, 0.2) is 6.10 Å². The lowest BCUT2D eigenvalue weighted by Gasteiger charge is -2.41. The Bertz CT molecular complexity index is 596. The zero-order valence-corrected chi connectivity index (χ0v) is 13.1. The van der Waals surface area contributed by atoms with Crippen molar-refractivity contribution in [2.75, 3.05) is 19.7 Å². The van der Waals surface area contributed by atoms with Crippen LogP contribution in [-0.2, 0) is 14.3 Å².